The number of anilines is 1. The number of hydrogen-bond donors (Lipinski definition) is 2. The van der Waals surface area contributed by atoms with Gasteiger partial charge in [-0.1, -0.05) is 28.5 Å². The molecule has 9 heteroatoms. The third-order valence-electron chi connectivity index (χ3n) is 5.65. The minimum Gasteiger partial charge on any atom is -0.593 e. The number of para-hydroxylation sites is 1. The number of piperidine rings is 1. The van der Waals surface area contributed by atoms with Crippen molar-refractivity contribution < 1.29 is 21.9 Å². The zero-order valence-electron chi connectivity index (χ0n) is 15.7. The van der Waals surface area contributed by atoms with E-state index in [2.05, 4.69) is 14.9 Å². The summed E-state index contributed by atoms with van der Waals surface area (Å²) in [5.74, 6) is 0. The predicted octanol–water partition coefficient (Wildman–Crippen LogP) is 3.66. The minimum absolute atomic E-state index is 0.254. The number of hydrogen-bond acceptors (Lipinski definition) is 4. The van der Waals surface area contributed by atoms with Gasteiger partial charge in [0.2, 0.25) is 0 Å². The predicted molar refractivity (Wildman–Crippen MR) is 104 cm³/mol. The Morgan fingerprint density at radius 1 is 1.07 bits per heavy atom. The van der Waals surface area contributed by atoms with E-state index in [1.165, 1.54) is 12.1 Å². The maximum Gasteiger partial charge on any atom is 0.416 e. The van der Waals surface area contributed by atoms with Gasteiger partial charge in [-0.25, -0.2) is 0 Å². The number of sulfonamides is 1. The molecule has 2 aliphatic rings. The summed E-state index contributed by atoms with van der Waals surface area (Å²) in [5.41, 5.74) is 0.177. The van der Waals surface area contributed by atoms with E-state index in [1.807, 2.05) is 0 Å². The molecule has 0 bridgehead atoms. The number of rotatable bonds is 2. The number of nitrogens with one attached hydrogen (secondary N) is 2. The molecule has 2 aromatic carbocycles. The molecule has 0 aromatic heterocycles. The fraction of sp³-hybridized carbons (Fsp3) is 0.400. The van der Waals surface area contributed by atoms with Crippen LogP contribution in [0, 0.1) is 0 Å². The van der Waals surface area contributed by atoms with Crippen LogP contribution >= 0.6 is 0 Å². The van der Waals surface area contributed by atoms with Crippen LogP contribution in [0.25, 0.3) is 0 Å². The van der Waals surface area contributed by atoms with Crippen LogP contribution in [0.1, 0.15) is 24.0 Å². The van der Waals surface area contributed by atoms with Gasteiger partial charge < -0.3 is 9.87 Å². The number of likely N-dealkylation sites (tertiary alicyclic amines) is 1. The number of alkyl halides is 3. The van der Waals surface area contributed by atoms with Crippen molar-refractivity contribution >= 4 is 16.1 Å². The molecule has 1 fully saturated rings. The Balaban J connectivity index is 1.41. The van der Waals surface area contributed by atoms with E-state index in [-0.39, 0.29) is 4.90 Å². The summed E-state index contributed by atoms with van der Waals surface area (Å²) in [6.45, 7) is 2.34. The van der Waals surface area contributed by atoms with Crippen LogP contribution in [0.2, 0.25) is 0 Å². The highest BCUT2D eigenvalue weighted by atomic mass is 32.3. The SMILES string of the molecule is O=[S+]1([O-])NC2(CCN(Cc3ccc(C(F)(F)F)cc3)CC2)CNc2ccccc21. The van der Waals surface area contributed by atoms with Gasteiger partial charge in [0.1, 0.15) is 0 Å². The van der Waals surface area contributed by atoms with Gasteiger partial charge in [-0.2, -0.15) is 13.2 Å². The van der Waals surface area contributed by atoms with Crippen molar-refractivity contribution in [2.24, 2.45) is 0 Å². The molecule has 1 spiro atoms. The molecule has 2 aromatic rings. The quantitative estimate of drug-likeness (QED) is 0.721. The van der Waals surface area contributed by atoms with E-state index >= 15 is 0 Å². The average Bonchev–Trinajstić information content (AvgIpc) is 2.78. The molecule has 0 aliphatic carbocycles. The molecule has 29 heavy (non-hydrogen) atoms. The van der Waals surface area contributed by atoms with Crippen LogP contribution in [0.5, 0.6) is 0 Å². The Bertz CT molecular complexity index is 925. The Labute approximate surface area is 168 Å². The van der Waals surface area contributed by atoms with E-state index < -0.39 is 27.7 Å². The normalized spacial score (nSPS) is 24.6. The number of fused-ring (bicyclic) bond motifs is 1. The Hall–Kier alpha value is -1.94. The first-order chi connectivity index (χ1) is 13.7. The second-order valence-corrected chi connectivity index (χ2v) is 9.36. The maximum absolute atomic E-state index is 12.8. The van der Waals surface area contributed by atoms with Crippen LogP contribution in [-0.4, -0.2) is 34.6 Å². The van der Waals surface area contributed by atoms with Crippen molar-refractivity contribution in [3.63, 3.8) is 0 Å². The van der Waals surface area contributed by atoms with E-state index in [0.29, 0.717) is 44.7 Å². The van der Waals surface area contributed by atoms with Crippen LogP contribution < -0.4 is 10.0 Å². The van der Waals surface area contributed by atoms with Gasteiger partial charge in [0, 0.05) is 26.2 Å². The molecule has 0 amide bonds. The fourth-order valence-corrected chi connectivity index (χ4v) is 5.61. The first-order valence-electron chi connectivity index (χ1n) is 9.42. The standard InChI is InChI=1S/C20H22F3N3O2S/c21-20(22,23)16-7-5-15(6-8-16)13-26-11-9-19(10-12-26)14-24-17-3-1-2-4-18(17)29(27,28)25-19/h1-8,24H,9-14H2,(H-,25,27,28). The van der Waals surface area contributed by atoms with Crippen LogP contribution in [0.3, 0.4) is 0 Å². The maximum atomic E-state index is 12.8. The molecule has 2 heterocycles. The summed E-state index contributed by atoms with van der Waals surface area (Å²) in [7, 11) is -3.62. The van der Waals surface area contributed by atoms with E-state index in [9.17, 15) is 21.9 Å². The first kappa shape index (κ1) is 20.3. The Kier molecular flexibility index (Phi) is 5.18. The highest BCUT2D eigenvalue weighted by Crippen LogP contribution is 2.34. The van der Waals surface area contributed by atoms with Crippen LogP contribution in [0.4, 0.5) is 18.9 Å². The minimum atomic E-state index is -4.34. The lowest BCUT2D eigenvalue weighted by atomic mass is 9.88. The molecule has 1 saturated heterocycles. The molecule has 5 nitrogen and oxygen atoms in total. The van der Waals surface area contributed by atoms with Gasteiger partial charge in [0.25, 0.3) is 0 Å². The molecule has 4 rings (SSSR count). The second-order valence-electron chi connectivity index (χ2n) is 7.71. The topological polar surface area (TPSA) is 67.4 Å². The molecule has 2 N–H and O–H groups in total. The lowest BCUT2D eigenvalue weighted by Gasteiger charge is -2.41. The highest BCUT2D eigenvalue weighted by molar-refractivity contribution is 7.96. The van der Waals surface area contributed by atoms with Gasteiger partial charge in [-0.3, -0.25) is 4.90 Å². The summed E-state index contributed by atoms with van der Waals surface area (Å²) in [6, 6.07) is 12.0. The highest BCUT2D eigenvalue weighted by Gasteiger charge is 2.44. The van der Waals surface area contributed by atoms with Crippen molar-refractivity contribution in [1.82, 2.24) is 9.62 Å². The first-order valence-corrected chi connectivity index (χ1v) is 10.9. The number of nitrogens with zero attached hydrogens (tertiary/aromatic N) is 1. The lowest BCUT2D eigenvalue weighted by Crippen LogP contribution is -2.58. The van der Waals surface area contributed by atoms with Crippen LogP contribution in [-0.2, 0) is 27.3 Å². The summed E-state index contributed by atoms with van der Waals surface area (Å²) >= 11 is 0. The molecule has 156 valence electrons. The molecule has 0 radical (unpaired) electrons. The zero-order valence-corrected chi connectivity index (χ0v) is 16.5. The smallest absolute Gasteiger partial charge is 0.416 e. The Morgan fingerprint density at radius 3 is 2.38 bits per heavy atom. The van der Waals surface area contributed by atoms with Crippen molar-refractivity contribution in [1.29, 1.82) is 0 Å². The number of benzene rings is 2. The molecule has 1 atom stereocenters. The van der Waals surface area contributed by atoms with E-state index in [0.717, 1.165) is 17.7 Å². The molecular formula is C20H22F3N3O2S. The van der Waals surface area contributed by atoms with Crippen molar-refractivity contribution in [3.05, 3.63) is 59.7 Å². The van der Waals surface area contributed by atoms with Crippen molar-refractivity contribution in [2.45, 2.75) is 36.0 Å². The second kappa shape index (κ2) is 7.39. The monoisotopic (exact) mass is 425 g/mol. The number of halogens is 3. The molecular weight excluding hydrogens is 403 g/mol. The third kappa shape index (κ3) is 4.32. The van der Waals surface area contributed by atoms with Crippen molar-refractivity contribution in [3.8, 4) is 0 Å². The summed E-state index contributed by atoms with van der Waals surface area (Å²) < 4.78 is 66.6. The molecule has 1 unspecified atom stereocenters. The lowest BCUT2D eigenvalue weighted by molar-refractivity contribution is -0.137. The zero-order chi connectivity index (χ0) is 20.7. The molecule has 2 aliphatic heterocycles. The summed E-state index contributed by atoms with van der Waals surface area (Å²) in [5, 5.41) is 3.26. The van der Waals surface area contributed by atoms with Crippen molar-refractivity contribution in [2.75, 3.05) is 25.0 Å². The molecule has 0 saturated carbocycles. The van der Waals surface area contributed by atoms with Gasteiger partial charge in [0.05, 0.1) is 16.8 Å². The third-order valence-corrected chi connectivity index (χ3v) is 7.28. The van der Waals surface area contributed by atoms with E-state index in [1.54, 1.807) is 24.3 Å². The van der Waals surface area contributed by atoms with Crippen LogP contribution in [0.15, 0.2) is 53.4 Å². The average molecular weight is 425 g/mol. The largest absolute Gasteiger partial charge is 0.593 e. The fourth-order valence-electron chi connectivity index (χ4n) is 3.96. The van der Waals surface area contributed by atoms with Gasteiger partial charge >= 0.3 is 6.18 Å². The summed E-state index contributed by atoms with van der Waals surface area (Å²) in [4.78, 5) is 2.39. The Morgan fingerprint density at radius 2 is 1.72 bits per heavy atom. The van der Waals surface area contributed by atoms with Gasteiger partial charge in [0.15, 0.2) is 15.3 Å². The van der Waals surface area contributed by atoms with Gasteiger partial charge in [-0.15, -0.1) is 4.72 Å². The summed E-state index contributed by atoms with van der Waals surface area (Å²) in [6.07, 6.45) is -3.10. The van der Waals surface area contributed by atoms with Gasteiger partial charge in [-0.05, 0) is 42.7 Å². The van der Waals surface area contributed by atoms with E-state index in [4.69, 9.17) is 0 Å².